The van der Waals surface area contributed by atoms with Crippen LogP contribution in [0.25, 0.3) is 0 Å². The fourth-order valence-corrected chi connectivity index (χ4v) is 0.980. The summed E-state index contributed by atoms with van der Waals surface area (Å²) in [5, 5.41) is 12.3. The number of rotatable bonds is 3. The third-order valence-corrected chi connectivity index (χ3v) is 1.73. The van der Waals surface area contributed by atoms with Crippen LogP contribution >= 0.6 is 11.8 Å². The number of aliphatic hydroxyl groups excluding tert-OH is 1. The fraction of sp³-hybridized carbons (Fsp3) is 0.125. The average molecular weight is 196 g/mol. The van der Waals surface area contributed by atoms with Gasteiger partial charge in [-0.25, -0.2) is 4.58 Å². The average Bonchev–Trinajstić information content (AvgIpc) is 2.48. The van der Waals surface area contributed by atoms with Crippen molar-refractivity contribution in [1.29, 1.82) is 0 Å². The smallest absolute Gasteiger partial charge is 0.308 e. The van der Waals surface area contributed by atoms with Gasteiger partial charge < -0.3 is 5.11 Å². The molecule has 0 spiro atoms. The minimum Gasteiger partial charge on any atom is -0.493 e. The number of nitrogens with zero attached hydrogens (tertiary/aromatic N) is 3. The van der Waals surface area contributed by atoms with E-state index in [4.69, 9.17) is 0 Å². The van der Waals surface area contributed by atoms with Gasteiger partial charge in [0.2, 0.25) is 5.88 Å². The summed E-state index contributed by atoms with van der Waals surface area (Å²) < 4.78 is 1.76. The zero-order valence-electron chi connectivity index (χ0n) is 7.21. The summed E-state index contributed by atoms with van der Waals surface area (Å²) in [7, 11) is 1.84. The van der Waals surface area contributed by atoms with E-state index in [1.807, 2.05) is 7.05 Å². The summed E-state index contributed by atoms with van der Waals surface area (Å²) in [6.45, 7) is 3.49. The quantitative estimate of drug-likeness (QED) is 0.547. The SMILES string of the molecule is C=CSC=C(O)N=C1C=[N+](C)C=N1. The molecule has 0 saturated heterocycles. The predicted molar refractivity (Wildman–Crippen MR) is 56.7 cm³/mol. The molecule has 1 aliphatic rings. The molecule has 5 heteroatoms. The molecule has 0 aromatic carbocycles. The van der Waals surface area contributed by atoms with Crippen molar-refractivity contribution in [3.8, 4) is 0 Å². The minimum atomic E-state index is -0.0661. The molecule has 68 valence electrons. The van der Waals surface area contributed by atoms with Gasteiger partial charge in [0.1, 0.15) is 0 Å². The van der Waals surface area contributed by atoms with Crippen LogP contribution in [0, 0.1) is 0 Å². The lowest BCUT2D eigenvalue weighted by atomic mass is 10.6. The van der Waals surface area contributed by atoms with E-state index in [0.717, 1.165) is 0 Å². The number of amidine groups is 1. The van der Waals surface area contributed by atoms with Crippen LogP contribution in [-0.2, 0) is 0 Å². The molecule has 0 unspecified atom stereocenters. The summed E-state index contributed by atoms with van der Waals surface area (Å²) in [5.74, 6) is 0.421. The lowest BCUT2D eigenvalue weighted by Crippen LogP contribution is -2.00. The van der Waals surface area contributed by atoms with Crippen LogP contribution in [0.1, 0.15) is 0 Å². The molecule has 0 radical (unpaired) electrons. The van der Waals surface area contributed by atoms with E-state index in [0.29, 0.717) is 5.84 Å². The topological polar surface area (TPSA) is 48.0 Å². The number of aliphatic hydroxyl groups is 1. The first-order valence-electron chi connectivity index (χ1n) is 3.57. The summed E-state index contributed by atoms with van der Waals surface area (Å²) >= 11 is 1.27. The van der Waals surface area contributed by atoms with Gasteiger partial charge in [0.15, 0.2) is 6.21 Å². The van der Waals surface area contributed by atoms with Crippen LogP contribution in [-0.4, -0.2) is 35.1 Å². The minimum absolute atomic E-state index is 0.0661. The number of aliphatic imine (C=N–C) groups is 2. The van der Waals surface area contributed by atoms with Crippen LogP contribution in [0.3, 0.4) is 0 Å². The maximum Gasteiger partial charge on any atom is 0.308 e. The van der Waals surface area contributed by atoms with E-state index in [1.54, 1.807) is 22.5 Å². The van der Waals surface area contributed by atoms with Crippen LogP contribution in [0.5, 0.6) is 0 Å². The first-order chi connectivity index (χ1) is 6.22. The van der Waals surface area contributed by atoms with Gasteiger partial charge in [0, 0.05) is 5.41 Å². The molecule has 0 fully saturated rings. The first kappa shape index (κ1) is 9.73. The summed E-state index contributed by atoms with van der Waals surface area (Å²) in [6, 6.07) is 0. The summed E-state index contributed by atoms with van der Waals surface area (Å²) in [5.41, 5.74) is 0. The Morgan fingerprint density at radius 3 is 3.15 bits per heavy atom. The third-order valence-electron chi connectivity index (χ3n) is 1.19. The van der Waals surface area contributed by atoms with Gasteiger partial charge >= 0.3 is 5.84 Å². The Bertz CT molecular complexity index is 328. The Morgan fingerprint density at radius 2 is 2.62 bits per heavy atom. The van der Waals surface area contributed by atoms with Crippen molar-refractivity contribution in [2.24, 2.45) is 9.98 Å². The summed E-state index contributed by atoms with van der Waals surface area (Å²) in [6.07, 6.45) is 3.33. The van der Waals surface area contributed by atoms with Crippen molar-refractivity contribution in [2.75, 3.05) is 7.05 Å². The number of hydrogen-bond acceptors (Lipinski definition) is 3. The normalized spacial score (nSPS) is 19.3. The molecule has 0 aromatic rings. The molecule has 0 aromatic heterocycles. The Morgan fingerprint density at radius 1 is 1.85 bits per heavy atom. The lowest BCUT2D eigenvalue weighted by Gasteiger charge is -1.86. The molecule has 1 rings (SSSR count). The monoisotopic (exact) mass is 196 g/mol. The van der Waals surface area contributed by atoms with E-state index in [2.05, 4.69) is 16.6 Å². The fourth-order valence-electron chi connectivity index (χ4n) is 0.709. The van der Waals surface area contributed by atoms with Crippen molar-refractivity contribution < 1.29 is 9.68 Å². The highest BCUT2D eigenvalue weighted by Crippen LogP contribution is 2.06. The third kappa shape index (κ3) is 3.25. The molecule has 0 saturated carbocycles. The zero-order chi connectivity index (χ0) is 9.68. The second-order valence-corrected chi connectivity index (χ2v) is 3.13. The van der Waals surface area contributed by atoms with Crippen molar-refractivity contribution >= 4 is 30.2 Å². The number of thioether (sulfide) groups is 1. The molecular weight excluding hydrogens is 186 g/mol. The molecule has 0 amide bonds. The molecule has 0 atom stereocenters. The van der Waals surface area contributed by atoms with Crippen molar-refractivity contribution in [3.63, 3.8) is 0 Å². The zero-order valence-corrected chi connectivity index (χ0v) is 8.03. The second kappa shape index (κ2) is 4.61. The van der Waals surface area contributed by atoms with Crippen molar-refractivity contribution in [2.45, 2.75) is 0 Å². The first-order valence-corrected chi connectivity index (χ1v) is 4.52. The Kier molecular flexibility index (Phi) is 3.45. The van der Waals surface area contributed by atoms with E-state index in [1.165, 1.54) is 17.2 Å². The molecule has 1 N–H and O–H groups in total. The van der Waals surface area contributed by atoms with Crippen LogP contribution in [0.2, 0.25) is 0 Å². The summed E-state index contributed by atoms with van der Waals surface area (Å²) in [4.78, 5) is 7.76. The highest BCUT2D eigenvalue weighted by Gasteiger charge is 2.10. The van der Waals surface area contributed by atoms with E-state index in [9.17, 15) is 5.11 Å². The second-order valence-electron chi connectivity index (χ2n) is 2.29. The Labute approximate surface area is 80.7 Å². The largest absolute Gasteiger partial charge is 0.493 e. The molecule has 0 aliphatic carbocycles. The van der Waals surface area contributed by atoms with Gasteiger partial charge in [0.25, 0.3) is 6.34 Å². The van der Waals surface area contributed by atoms with E-state index < -0.39 is 0 Å². The van der Waals surface area contributed by atoms with Crippen molar-refractivity contribution in [3.05, 3.63) is 23.3 Å². The van der Waals surface area contributed by atoms with Crippen LogP contribution in [0.15, 0.2) is 33.3 Å². The van der Waals surface area contributed by atoms with Gasteiger partial charge in [-0.2, -0.15) is 4.99 Å². The van der Waals surface area contributed by atoms with Gasteiger partial charge in [-0.1, -0.05) is 6.58 Å². The highest BCUT2D eigenvalue weighted by atomic mass is 32.2. The molecule has 1 aliphatic heterocycles. The van der Waals surface area contributed by atoms with Gasteiger partial charge in [-0.15, -0.1) is 11.8 Å². The van der Waals surface area contributed by atoms with Crippen molar-refractivity contribution in [1.82, 2.24) is 0 Å². The van der Waals surface area contributed by atoms with Crippen LogP contribution < -0.4 is 0 Å². The maximum absolute atomic E-state index is 9.22. The molecule has 13 heavy (non-hydrogen) atoms. The van der Waals surface area contributed by atoms with Crippen LogP contribution in [0.4, 0.5) is 0 Å². The Hall–Kier alpha value is -1.36. The molecule has 4 nitrogen and oxygen atoms in total. The van der Waals surface area contributed by atoms with E-state index >= 15 is 0 Å². The molecule has 0 bridgehead atoms. The standard InChI is InChI=1S/C8H9N3OS/c1-3-13-5-8(12)10-7-4-11(2)6-9-7/h3-6H,1H2,2H3/p+1. The van der Waals surface area contributed by atoms with E-state index in [-0.39, 0.29) is 5.88 Å². The lowest BCUT2D eigenvalue weighted by molar-refractivity contribution is -0.350. The molecular formula is C8H10N3OS+. The Balaban J connectivity index is 2.67. The van der Waals surface area contributed by atoms with Gasteiger partial charge in [-0.05, 0) is 10.4 Å². The van der Waals surface area contributed by atoms with Gasteiger partial charge in [-0.3, -0.25) is 0 Å². The molecule has 1 heterocycles. The number of hydrogen-bond donors (Lipinski definition) is 1. The predicted octanol–water partition coefficient (Wildman–Crippen LogP) is 1.37. The van der Waals surface area contributed by atoms with Gasteiger partial charge in [0.05, 0.1) is 7.05 Å². The highest BCUT2D eigenvalue weighted by molar-refractivity contribution is 8.04. The maximum atomic E-state index is 9.22.